The minimum absolute atomic E-state index is 0.0623. The Kier molecular flexibility index (Phi) is 4.59. The molecule has 0 saturated heterocycles. The molecule has 0 bridgehead atoms. The van der Waals surface area contributed by atoms with Gasteiger partial charge in [-0.2, -0.15) is 0 Å². The van der Waals surface area contributed by atoms with Crippen LogP contribution in [0.4, 0.5) is 5.69 Å². The highest BCUT2D eigenvalue weighted by atomic mass is 16.2. The van der Waals surface area contributed by atoms with E-state index in [4.69, 9.17) is 5.73 Å². The summed E-state index contributed by atoms with van der Waals surface area (Å²) in [4.78, 5) is 12.1. The van der Waals surface area contributed by atoms with Crippen molar-refractivity contribution in [2.45, 2.75) is 52.0 Å². The van der Waals surface area contributed by atoms with Gasteiger partial charge in [-0.25, -0.2) is 0 Å². The Hall–Kier alpha value is -1.35. The zero-order valence-electron chi connectivity index (χ0n) is 11.9. The normalized spacial score (nSPS) is 16.0. The number of carbonyl (C=O) groups is 1. The van der Waals surface area contributed by atoms with Crippen LogP contribution in [0.2, 0.25) is 0 Å². The molecule has 1 aromatic carbocycles. The van der Waals surface area contributed by atoms with Crippen LogP contribution in [0.1, 0.15) is 44.2 Å². The number of rotatable bonds is 4. The van der Waals surface area contributed by atoms with Crippen molar-refractivity contribution in [3.8, 4) is 0 Å². The van der Waals surface area contributed by atoms with Crippen LogP contribution in [0, 0.1) is 5.92 Å². The molecule has 0 radical (unpaired) electrons. The molecule has 0 unspecified atom stereocenters. The molecule has 1 aromatic rings. The van der Waals surface area contributed by atoms with Gasteiger partial charge in [0.05, 0.1) is 6.04 Å². The number of nitrogens with two attached hydrogens (primary N) is 1. The summed E-state index contributed by atoms with van der Waals surface area (Å²) < 4.78 is 0. The zero-order valence-corrected chi connectivity index (χ0v) is 11.9. The second-order valence-corrected chi connectivity index (χ2v) is 5.88. The van der Waals surface area contributed by atoms with Gasteiger partial charge >= 0.3 is 0 Å². The summed E-state index contributed by atoms with van der Waals surface area (Å²) in [6, 6.07) is 5.76. The summed E-state index contributed by atoms with van der Waals surface area (Å²) in [5, 5.41) is 3.01. The Labute approximate surface area is 115 Å². The van der Waals surface area contributed by atoms with Crippen molar-refractivity contribution in [3.63, 3.8) is 0 Å². The smallest absolute Gasteiger partial charge is 0.241 e. The molecule has 0 fully saturated rings. The van der Waals surface area contributed by atoms with Gasteiger partial charge in [-0.1, -0.05) is 26.0 Å². The third-order valence-electron chi connectivity index (χ3n) is 3.72. The van der Waals surface area contributed by atoms with Crippen LogP contribution < -0.4 is 11.1 Å². The van der Waals surface area contributed by atoms with Gasteiger partial charge in [-0.05, 0) is 55.2 Å². The molecule has 1 aliphatic rings. The maximum Gasteiger partial charge on any atom is 0.241 e. The van der Waals surface area contributed by atoms with Crippen LogP contribution in [0.15, 0.2) is 18.2 Å². The molecule has 104 valence electrons. The number of benzene rings is 1. The van der Waals surface area contributed by atoms with E-state index in [1.807, 2.05) is 12.1 Å². The van der Waals surface area contributed by atoms with E-state index in [2.05, 4.69) is 25.2 Å². The van der Waals surface area contributed by atoms with Gasteiger partial charge in [0.15, 0.2) is 0 Å². The monoisotopic (exact) mass is 260 g/mol. The maximum atomic E-state index is 12.1. The first-order valence-electron chi connectivity index (χ1n) is 7.25. The lowest BCUT2D eigenvalue weighted by atomic mass is 9.90. The molecular weight excluding hydrogens is 236 g/mol. The average molecular weight is 260 g/mol. The van der Waals surface area contributed by atoms with E-state index in [1.54, 1.807) is 0 Å². The largest absolute Gasteiger partial charge is 0.324 e. The van der Waals surface area contributed by atoms with Crippen molar-refractivity contribution in [3.05, 3.63) is 29.3 Å². The molecular formula is C16H24N2O. The lowest BCUT2D eigenvalue weighted by Gasteiger charge is -2.21. The van der Waals surface area contributed by atoms with Crippen molar-refractivity contribution < 1.29 is 4.79 Å². The van der Waals surface area contributed by atoms with Gasteiger partial charge in [-0.15, -0.1) is 0 Å². The van der Waals surface area contributed by atoms with E-state index in [1.165, 1.54) is 24.0 Å². The minimum atomic E-state index is -0.417. The SMILES string of the molecule is CC(C)C[C@H](N)C(=O)Nc1cccc2c1CCCC2. The van der Waals surface area contributed by atoms with Gasteiger partial charge in [-0.3, -0.25) is 4.79 Å². The first-order chi connectivity index (χ1) is 9.08. The lowest BCUT2D eigenvalue weighted by molar-refractivity contribution is -0.117. The van der Waals surface area contributed by atoms with Gasteiger partial charge in [0.25, 0.3) is 0 Å². The number of hydrogen-bond acceptors (Lipinski definition) is 2. The third kappa shape index (κ3) is 3.57. The topological polar surface area (TPSA) is 55.1 Å². The molecule has 2 rings (SSSR count). The molecule has 0 spiro atoms. The zero-order chi connectivity index (χ0) is 13.8. The predicted octanol–water partition coefficient (Wildman–Crippen LogP) is 2.88. The summed E-state index contributed by atoms with van der Waals surface area (Å²) in [5.74, 6) is 0.373. The molecule has 3 nitrogen and oxygen atoms in total. The van der Waals surface area contributed by atoms with Crippen LogP contribution in [0.5, 0.6) is 0 Å². The quantitative estimate of drug-likeness (QED) is 0.874. The first kappa shape index (κ1) is 14.1. The van der Waals surface area contributed by atoms with Crippen LogP contribution >= 0.6 is 0 Å². The molecule has 1 atom stereocenters. The number of aryl methyl sites for hydroxylation is 1. The van der Waals surface area contributed by atoms with Crippen molar-refractivity contribution in [2.24, 2.45) is 11.7 Å². The fourth-order valence-electron chi connectivity index (χ4n) is 2.74. The van der Waals surface area contributed by atoms with Gasteiger partial charge in [0, 0.05) is 5.69 Å². The Morgan fingerprint density at radius 3 is 2.79 bits per heavy atom. The third-order valence-corrected chi connectivity index (χ3v) is 3.72. The highest BCUT2D eigenvalue weighted by molar-refractivity contribution is 5.95. The summed E-state index contributed by atoms with van der Waals surface area (Å²) in [7, 11) is 0. The molecule has 0 saturated carbocycles. The Balaban J connectivity index is 2.09. The minimum Gasteiger partial charge on any atom is -0.324 e. The van der Waals surface area contributed by atoms with Crippen molar-refractivity contribution in [1.82, 2.24) is 0 Å². The number of fused-ring (bicyclic) bond motifs is 1. The highest BCUT2D eigenvalue weighted by Gasteiger charge is 2.18. The molecule has 0 aliphatic heterocycles. The van der Waals surface area contributed by atoms with Crippen molar-refractivity contribution >= 4 is 11.6 Å². The molecule has 1 amide bonds. The second kappa shape index (κ2) is 6.20. The summed E-state index contributed by atoms with van der Waals surface area (Å²) in [5.41, 5.74) is 9.57. The molecule has 3 heteroatoms. The van der Waals surface area contributed by atoms with E-state index in [9.17, 15) is 4.79 Å². The summed E-state index contributed by atoms with van der Waals surface area (Å²) in [6.45, 7) is 4.16. The number of amides is 1. The second-order valence-electron chi connectivity index (χ2n) is 5.88. The van der Waals surface area contributed by atoms with Gasteiger partial charge < -0.3 is 11.1 Å². The van der Waals surface area contributed by atoms with E-state index in [-0.39, 0.29) is 5.91 Å². The Morgan fingerprint density at radius 2 is 2.05 bits per heavy atom. The Bertz CT molecular complexity index is 454. The van der Waals surface area contributed by atoms with E-state index in [0.717, 1.165) is 24.9 Å². The molecule has 3 N–H and O–H groups in total. The van der Waals surface area contributed by atoms with E-state index in [0.29, 0.717) is 5.92 Å². The maximum absolute atomic E-state index is 12.1. The highest BCUT2D eigenvalue weighted by Crippen LogP contribution is 2.27. The molecule has 0 aromatic heterocycles. The Morgan fingerprint density at radius 1 is 1.32 bits per heavy atom. The molecule has 0 heterocycles. The fourth-order valence-corrected chi connectivity index (χ4v) is 2.74. The van der Waals surface area contributed by atoms with Crippen LogP contribution in [-0.2, 0) is 17.6 Å². The number of hydrogen-bond donors (Lipinski definition) is 2. The standard InChI is InChI=1S/C16H24N2O/c1-11(2)10-14(17)16(19)18-15-9-5-7-12-6-3-4-8-13(12)15/h5,7,9,11,14H,3-4,6,8,10,17H2,1-2H3,(H,18,19)/t14-/m0/s1. The van der Waals surface area contributed by atoms with Crippen LogP contribution in [-0.4, -0.2) is 11.9 Å². The van der Waals surface area contributed by atoms with Crippen LogP contribution in [0.3, 0.4) is 0 Å². The fraction of sp³-hybridized carbons (Fsp3) is 0.562. The van der Waals surface area contributed by atoms with Gasteiger partial charge in [0.2, 0.25) is 5.91 Å². The lowest BCUT2D eigenvalue weighted by Crippen LogP contribution is -2.37. The first-order valence-corrected chi connectivity index (χ1v) is 7.25. The molecule has 1 aliphatic carbocycles. The van der Waals surface area contributed by atoms with Crippen molar-refractivity contribution in [1.29, 1.82) is 0 Å². The predicted molar refractivity (Wildman–Crippen MR) is 79.1 cm³/mol. The number of nitrogens with one attached hydrogen (secondary N) is 1. The number of anilines is 1. The van der Waals surface area contributed by atoms with Crippen molar-refractivity contribution in [2.75, 3.05) is 5.32 Å². The van der Waals surface area contributed by atoms with E-state index >= 15 is 0 Å². The van der Waals surface area contributed by atoms with Crippen LogP contribution in [0.25, 0.3) is 0 Å². The average Bonchev–Trinajstić information content (AvgIpc) is 2.38. The van der Waals surface area contributed by atoms with E-state index < -0.39 is 6.04 Å². The number of carbonyl (C=O) groups excluding carboxylic acids is 1. The summed E-state index contributed by atoms with van der Waals surface area (Å²) in [6.07, 6.45) is 5.36. The van der Waals surface area contributed by atoms with Gasteiger partial charge in [0.1, 0.15) is 0 Å². The summed E-state index contributed by atoms with van der Waals surface area (Å²) >= 11 is 0. The molecule has 19 heavy (non-hydrogen) atoms.